The number of piperazine rings is 1. The zero-order chi connectivity index (χ0) is 30.1. The monoisotopic (exact) mass is 459 g/mol. The quantitative estimate of drug-likeness (QED) is 0.623. The number of hydrogen-bond acceptors (Lipinski definition) is 9. The smallest absolute Gasteiger partial charge is 0.267 e. The van der Waals surface area contributed by atoms with Crippen molar-refractivity contribution in [2.45, 2.75) is 6.10 Å². The van der Waals surface area contributed by atoms with Crippen LogP contribution < -0.4 is 29.6 Å². The second-order valence-electron chi connectivity index (χ2n) is 6.96. The van der Waals surface area contributed by atoms with Crippen molar-refractivity contribution in [1.29, 1.82) is 0 Å². The maximum Gasteiger partial charge on any atom is 0.267 e. The van der Waals surface area contributed by atoms with E-state index in [9.17, 15) is 4.79 Å². The molecule has 172 valence electrons. The van der Waals surface area contributed by atoms with Crippen molar-refractivity contribution in [3.05, 3.63) is 36.4 Å². The number of nitrogen functional groups attached to an aromatic ring is 1. The van der Waals surface area contributed by atoms with Crippen LogP contribution in [-0.2, 0) is 4.79 Å². The highest BCUT2D eigenvalue weighted by Gasteiger charge is 2.33. The van der Waals surface area contributed by atoms with Crippen LogP contribution >= 0.6 is 0 Å². The number of methoxy groups -OCH3 is 2. The molecule has 3 aromatic rings. The Morgan fingerprint density at radius 2 is 1.85 bits per heavy atom. The van der Waals surface area contributed by atoms with Crippen molar-refractivity contribution < 1.29 is 34.7 Å². The Balaban J connectivity index is 1.52. The third-order valence-electron chi connectivity index (χ3n) is 4.95. The molecule has 3 heterocycles. The van der Waals surface area contributed by atoms with Gasteiger partial charge in [-0.1, -0.05) is 12.1 Å². The molecule has 10 heteroatoms. The maximum atomic E-state index is 13.6. The highest BCUT2D eigenvalue weighted by molar-refractivity contribution is 5.91. The molecule has 5 rings (SSSR count). The molecule has 10 nitrogen and oxygen atoms in total. The molecule has 2 N–H and O–H groups in total. The summed E-state index contributed by atoms with van der Waals surface area (Å²) in [5.74, 6) is -1.83. The lowest BCUT2D eigenvalue weighted by molar-refractivity contribution is -0.141. The molecule has 0 radical (unpaired) electrons. The van der Waals surface area contributed by atoms with E-state index in [4.69, 9.17) is 35.6 Å². The molecule has 1 amide bonds. The summed E-state index contributed by atoms with van der Waals surface area (Å²) in [5.41, 5.74) is 6.02. The molecule has 2 aliphatic heterocycles. The molecular formula is C23H25N5O5. The van der Waals surface area contributed by atoms with Crippen LogP contribution in [0.15, 0.2) is 36.4 Å². The van der Waals surface area contributed by atoms with Gasteiger partial charge in [0.15, 0.2) is 23.0 Å². The third-order valence-corrected chi connectivity index (χ3v) is 4.95. The van der Waals surface area contributed by atoms with Crippen molar-refractivity contribution in [3.8, 4) is 23.0 Å². The minimum absolute atomic E-state index is 0.00630. The Kier molecular flexibility index (Phi) is 3.51. The number of nitrogens with two attached hydrogens (primary N) is 1. The van der Waals surface area contributed by atoms with E-state index in [0.29, 0.717) is 4.90 Å². The molecule has 2 aromatic carbocycles. The number of ether oxygens (including phenoxy) is 4. The van der Waals surface area contributed by atoms with Crippen molar-refractivity contribution in [2.24, 2.45) is 0 Å². The number of amides is 1. The van der Waals surface area contributed by atoms with Crippen LogP contribution in [0.3, 0.4) is 0 Å². The SMILES string of the molecule is [2H]c1c(OC)c(OC)c([2H])c2c(N)nc(N3CC([2H])([2H])N(C(=O)C4Oc5ccccc5OC4([2H])[2H])C([2H])([2H])C3)nc12. The van der Waals surface area contributed by atoms with Gasteiger partial charge in [-0.05, 0) is 18.2 Å². The first-order chi connectivity index (χ1) is 19.1. The first-order valence-electron chi connectivity index (χ1n) is 13.8. The number of carbonyl (C=O) groups is 1. The van der Waals surface area contributed by atoms with Gasteiger partial charge in [-0.25, -0.2) is 4.98 Å². The Morgan fingerprint density at radius 3 is 2.58 bits per heavy atom. The largest absolute Gasteiger partial charge is 0.493 e. The van der Waals surface area contributed by atoms with E-state index in [0.717, 1.165) is 4.90 Å². The fourth-order valence-electron chi connectivity index (χ4n) is 3.28. The third kappa shape index (κ3) is 3.88. The van der Waals surface area contributed by atoms with Gasteiger partial charge in [0.1, 0.15) is 12.4 Å². The Bertz CT molecular complexity index is 1540. The van der Waals surface area contributed by atoms with Crippen molar-refractivity contribution >= 4 is 28.6 Å². The molecule has 1 unspecified atom stereocenters. The van der Waals surface area contributed by atoms with E-state index in [-0.39, 0.29) is 57.8 Å². The predicted molar refractivity (Wildman–Crippen MR) is 122 cm³/mol. The molecule has 1 saturated heterocycles. The summed E-state index contributed by atoms with van der Waals surface area (Å²) in [6.07, 6.45) is -2.01. The molecule has 0 bridgehead atoms. The molecule has 0 aliphatic carbocycles. The summed E-state index contributed by atoms with van der Waals surface area (Å²) in [4.78, 5) is 23.4. The number of rotatable bonds is 4. The predicted octanol–water partition coefficient (Wildman–Crippen LogP) is 1.72. The second-order valence-corrected chi connectivity index (χ2v) is 6.96. The topological polar surface area (TPSA) is 112 Å². The van der Waals surface area contributed by atoms with Gasteiger partial charge in [0.05, 0.1) is 30.7 Å². The van der Waals surface area contributed by atoms with E-state index in [1.165, 1.54) is 26.4 Å². The number of hydrogen-bond donors (Lipinski definition) is 1. The lowest BCUT2D eigenvalue weighted by Crippen LogP contribution is -2.54. The minimum Gasteiger partial charge on any atom is -0.493 e. The van der Waals surface area contributed by atoms with Crippen molar-refractivity contribution in [1.82, 2.24) is 14.9 Å². The fourth-order valence-corrected chi connectivity index (χ4v) is 3.28. The molecule has 1 atom stereocenters. The lowest BCUT2D eigenvalue weighted by Gasteiger charge is -2.37. The number of fused-ring (bicyclic) bond motifs is 2. The van der Waals surface area contributed by atoms with Gasteiger partial charge in [0.25, 0.3) is 5.91 Å². The average molecular weight is 460 g/mol. The van der Waals surface area contributed by atoms with Crippen LogP contribution in [0.1, 0.15) is 11.0 Å². The normalized spacial score (nSPS) is 25.8. The van der Waals surface area contributed by atoms with E-state index in [1.807, 2.05) is 0 Å². The van der Waals surface area contributed by atoms with Gasteiger partial charge in [-0.3, -0.25) is 4.79 Å². The Hall–Kier alpha value is -3.95. The van der Waals surface area contributed by atoms with E-state index in [2.05, 4.69) is 9.97 Å². The first kappa shape index (κ1) is 13.6. The Morgan fingerprint density at radius 1 is 1.15 bits per heavy atom. The van der Waals surface area contributed by atoms with Gasteiger partial charge in [0, 0.05) is 37.5 Å². The minimum atomic E-state index is -2.73. The molecule has 33 heavy (non-hydrogen) atoms. The summed E-state index contributed by atoms with van der Waals surface area (Å²) >= 11 is 0. The summed E-state index contributed by atoms with van der Waals surface area (Å²) in [6.45, 7) is -9.49. The van der Waals surface area contributed by atoms with Gasteiger partial charge in [-0.15, -0.1) is 0 Å². The number of anilines is 2. The van der Waals surface area contributed by atoms with Crippen molar-refractivity contribution in [3.63, 3.8) is 0 Å². The average Bonchev–Trinajstić information content (AvgIpc) is 2.87. The Labute approximate surface area is 202 Å². The van der Waals surface area contributed by atoms with Crippen LogP contribution in [-0.4, -0.2) is 73.7 Å². The van der Waals surface area contributed by atoms with Gasteiger partial charge < -0.3 is 34.5 Å². The highest BCUT2D eigenvalue weighted by Crippen LogP contribution is 2.34. The number of para-hydroxylation sites is 2. The molecule has 0 saturated carbocycles. The molecule has 1 aromatic heterocycles. The lowest BCUT2D eigenvalue weighted by atomic mass is 10.2. The van der Waals surface area contributed by atoms with Crippen LogP contribution in [0.5, 0.6) is 23.0 Å². The highest BCUT2D eigenvalue weighted by atomic mass is 16.6. The molecule has 0 spiro atoms. The number of aromatic nitrogens is 2. The second kappa shape index (κ2) is 8.53. The molecular weight excluding hydrogens is 426 g/mol. The summed E-state index contributed by atoms with van der Waals surface area (Å²) in [7, 11) is 2.58. The number of benzene rings is 2. The van der Waals surface area contributed by atoms with Gasteiger partial charge in [-0.2, -0.15) is 4.98 Å². The summed E-state index contributed by atoms with van der Waals surface area (Å²) < 4.78 is 89.2. The first-order valence-corrected chi connectivity index (χ1v) is 9.85. The van der Waals surface area contributed by atoms with Crippen LogP contribution in [0.25, 0.3) is 10.9 Å². The standard InChI is InChI=1S/C23H25N5O5/c1-30-18-11-14-15(12-19(18)31-2)25-23(26-21(14)24)28-9-7-27(8-10-28)22(29)20-13-32-16-5-3-4-6-17(16)33-20/h3-6,11-12,20H,7-10,13H2,1-2H3,(H2,24,25,26)/i7D2,8D2,11D,12D,13D2. The maximum absolute atomic E-state index is 13.6. The van der Waals surface area contributed by atoms with Gasteiger partial charge >= 0.3 is 0 Å². The van der Waals surface area contributed by atoms with Crippen LogP contribution in [0, 0.1) is 0 Å². The zero-order valence-corrected chi connectivity index (χ0v) is 17.7. The summed E-state index contributed by atoms with van der Waals surface area (Å²) in [6, 6.07) is 5.54. The van der Waals surface area contributed by atoms with E-state index in [1.54, 1.807) is 12.1 Å². The summed E-state index contributed by atoms with van der Waals surface area (Å²) in [5, 5.41) is -0.00630. The molecule has 1 fully saturated rings. The number of carbonyl (C=O) groups excluding carboxylic acids is 1. The van der Waals surface area contributed by atoms with Crippen LogP contribution in [0.2, 0.25) is 0 Å². The van der Waals surface area contributed by atoms with Gasteiger partial charge in [0.2, 0.25) is 12.1 Å². The van der Waals surface area contributed by atoms with Crippen molar-refractivity contribution in [2.75, 3.05) is 57.5 Å². The number of nitrogens with zero attached hydrogens (tertiary/aromatic N) is 4. The fraction of sp³-hybridized carbons (Fsp3) is 0.348. The van der Waals surface area contributed by atoms with E-state index >= 15 is 0 Å². The van der Waals surface area contributed by atoms with E-state index < -0.39 is 44.7 Å². The molecule has 2 aliphatic rings. The zero-order valence-electron chi connectivity index (χ0n) is 25.7. The van der Waals surface area contributed by atoms with Crippen LogP contribution in [0.4, 0.5) is 11.8 Å².